The fourth-order valence-electron chi connectivity index (χ4n) is 5.13. The van der Waals surface area contributed by atoms with Gasteiger partial charge in [0.05, 0.1) is 0 Å². The maximum absolute atomic E-state index is 3.95. The molecule has 0 amide bonds. The average molecular weight is 551 g/mol. The van der Waals surface area contributed by atoms with Gasteiger partial charge in [0.1, 0.15) is 0 Å². The smallest absolute Gasteiger partial charge is 0.00943 e. The molecule has 0 unspecified atom stereocenters. The van der Waals surface area contributed by atoms with E-state index in [2.05, 4.69) is 127 Å². The van der Waals surface area contributed by atoms with Crippen molar-refractivity contribution in [1.29, 1.82) is 0 Å². The van der Waals surface area contributed by atoms with Crippen LogP contribution in [0.3, 0.4) is 0 Å². The molecule has 0 atom stereocenters. The van der Waals surface area contributed by atoms with E-state index < -0.39 is 0 Å². The Hall–Kier alpha value is -3.12. The van der Waals surface area contributed by atoms with Gasteiger partial charge in [-0.1, -0.05) is 133 Å². The van der Waals surface area contributed by atoms with Gasteiger partial charge in [0.2, 0.25) is 0 Å². The molecule has 0 heterocycles. The van der Waals surface area contributed by atoms with Crippen molar-refractivity contribution < 1.29 is 0 Å². The Balaban J connectivity index is 0.000000398. The first kappa shape index (κ1) is 35.9. The monoisotopic (exact) mass is 550 g/mol. The predicted octanol–water partition coefficient (Wildman–Crippen LogP) is 12.5. The SMILES string of the molecule is C=C/C(=C\C=C/Cc1ccccc1)CCc1c(C)cccc1C.CC.CC.Cc1cc(C(C)C)cc(C)c1C1CC1. The number of rotatable bonds is 9. The highest BCUT2D eigenvalue weighted by atomic mass is 14.3. The van der Waals surface area contributed by atoms with E-state index in [4.69, 9.17) is 0 Å². The zero-order valence-corrected chi connectivity index (χ0v) is 28.0. The second kappa shape index (κ2) is 19.9. The van der Waals surface area contributed by atoms with Gasteiger partial charge in [0.25, 0.3) is 0 Å². The summed E-state index contributed by atoms with van der Waals surface area (Å²) in [6, 6.07) is 21.8. The largest absolute Gasteiger partial charge is 0.0988 e. The lowest BCUT2D eigenvalue weighted by Crippen LogP contribution is -1.96. The number of hydrogen-bond donors (Lipinski definition) is 0. The Kier molecular flexibility index (Phi) is 17.4. The zero-order chi connectivity index (χ0) is 30.8. The van der Waals surface area contributed by atoms with Crippen LogP contribution in [0.5, 0.6) is 0 Å². The first-order valence-electron chi connectivity index (χ1n) is 16.0. The van der Waals surface area contributed by atoms with Gasteiger partial charge in [0, 0.05) is 0 Å². The fraction of sp³-hybridized carbons (Fsp3) is 0.415. The van der Waals surface area contributed by atoms with Crippen molar-refractivity contribution in [3.63, 3.8) is 0 Å². The molecule has 0 aliphatic heterocycles. The average Bonchev–Trinajstić information content (AvgIpc) is 3.82. The van der Waals surface area contributed by atoms with Gasteiger partial charge >= 0.3 is 0 Å². The van der Waals surface area contributed by atoms with E-state index in [0.29, 0.717) is 5.92 Å². The molecule has 3 aromatic rings. The van der Waals surface area contributed by atoms with E-state index in [9.17, 15) is 0 Å². The maximum atomic E-state index is 3.95. The van der Waals surface area contributed by atoms with Gasteiger partial charge in [-0.15, -0.1) is 0 Å². The second-order valence-electron chi connectivity index (χ2n) is 10.9. The summed E-state index contributed by atoms with van der Waals surface area (Å²) < 4.78 is 0. The third-order valence-corrected chi connectivity index (χ3v) is 7.48. The van der Waals surface area contributed by atoms with Crippen molar-refractivity contribution in [2.75, 3.05) is 0 Å². The highest BCUT2D eigenvalue weighted by molar-refractivity contribution is 5.43. The van der Waals surface area contributed by atoms with Crippen LogP contribution < -0.4 is 0 Å². The highest BCUT2D eigenvalue weighted by Gasteiger charge is 2.26. The molecule has 0 spiro atoms. The van der Waals surface area contributed by atoms with Crippen LogP contribution in [-0.4, -0.2) is 0 Å². The van der Waals surface area contributed by atoms with Crippen molar-refractivity contribution in [2.24, 2.45) is 0 Å². The quantitative estimate of drug-likeness (QED) is 0.232. The van der Waals surface area contributed by atoms with Gasteiger partial charge in [-0.3, -0.25) is 0 Å². The lowest BCUT2D eigenvalue weighted by Gasteiger charge is -2.14. The Morgan fingerprint density at radius 2 is 1.37 bits per heavy atom. The summed E-state index contributed by atoms with van der Waals surface area (Å²) in [5.41, 5.74) is 13.0. The Bertz CT molecular complexity index is 1170. The molecule has 3 aromatic carbocycles. The van der Waals surface area contributed by atoms with Crippen LogP contribution in [0.2, 0.25) is 0 Å². The minimum absolute atomic E-state index is 0.653. The van der Waals surface area contributed by atoms with Crippen LogP contribution in [0.1, 0.15) is 117 Å². The van der Waals surface area contributed by atoms with Crippen LogP contribution >= 0.6 is 0 Å². The molecule has 0 N–H and O–H groups in total. The minimum Gasteiger partial charge on any atom is -0.0988 e. The molecule has 0 bridgehead atoms. The molecule has 1 saturated carbocycles. The summed E-state index contributed by atoms with van der Waals surface area (Å²) in [5.74, 6) is 1.54. The lowest BCUT2D eigenvalue weighted by atomic mass is 9.92. The Labute approximate surface area is 254 Å². The van der Waals surface area contributed by atoms with E-state index in [-0.39, 0.29) is 0 Å². The molecular formula is C41H58. The number of benzene rings is 3. The van der Waals surface area contributed by atoms with Gasteiger partial charge < -0.3 is 0 Å². The lowest BCUT2D eigenvalue weighted by molar-refractivity contribution is 0.858. The molecule has 222 valence electrons. The highest BCUT2D eigenvalue weighted by Crippen LogP contribution is 2.43. The van der Waals surface area contributed by atoms with Gasteiger partial charge in [-0.05, 0) is 122 Å². The summed E-state index contributed by atoms with van der Waals surface area (Å²) in [5, 5.41) is 0. The third kappa shape index (κ3) is 12.5. The minimum atomic E-state index is 0.653. The fourth-order valence-corrected chi connectivity index (χ4v) is 5.13. The molecular weight excluding hydrogens is 492 g/mol. The summed E-state index contributed by atoms with van der Waals surface area (Å²) >= 11 is 0. The number of aryl methyl sites for hydroxylation is 4. The molecule has 0 radical (unpaired) electrons. The van der Waals surface area contributed by atoms with Crippen molar-refractivity contribution in [3.8, 4) is 0 Å². The number of hydrogen-bond acceptors (Lipinski definition) is 0. The van der Waals surface area contributed by atoms with E-state index in [1.165, 1.54) is 57.4 Å². The van der Waals surface area contributed by atoms with E-state index in [0.717, 1.165) is 25.2 Å². The van der Waals surface area contributed by atoms with Crippen molar-refractivity contribution in [2.45, 2.75) is 113 Å². The molecule has 1 aliphatic rings. The van der Waals surface area contributed by atoms with Crippen LogP contribution in [0.4, 0.5) is 0 Å². The molecule has 1 fully saturated rings. The summed E-state index contributed by atoms with van der Waals surface area (Å²) in [6.45, 7) is 25.4. The predicted molar refractivity (Wildman–Crippen MR) is 186 cm³/mol. The van der Waals surface area contributed by atoms with Crippen molar-refractivity contribution in [1.82, 2.24) is 0 Å². The van der Waals surface area contributed by atoms with E-state index >= 15 is 0 Å². The molecule has 0 saturated heterocycles. The van der Waals surface area contributed by atoms with Gasteiger partial charge in [-0.25, -0.2) is 0 Å². The van der Waals surface area contributed by atoms with Crippen LogP contribution in [0, 0.1) is 27.7 Å². The summed E-state index contributed by atoms with van der Waals surface area (Å²) in [7, 11) is 0. The van der Waals surface area contributed by atoms with Crippen LogP contribution in [0.15, 0.2) is 97.1 Å². The third-order valence-electron chi connectivity index (χ3n) is 7.48. The summed E-state index contributed by atoms with van der Waals surface area (Å²) in [6.07, 6.45) is 14.4. The molecule has 0 aromatic heterocycles. The second-order valence-corrected chi connectivity index (χ2v) is 10.9. The first-order chi connectivity index (χ1) is 19.8. The molecule has 41 heavy (non-hydrogen) atoms. The molecule has 0 heteroatoms. The normalized spacial score (nSPS) is 12.5. The van der Waals surface area contributed by atoms with E-state index in [1.54, 1.807) is 5.56 Å². The topological polar surface area (TPSA) is 0 Å². The molecule has 4 rings (SSSR count). The van der Waals surface area contributed by atoms with Gasteiger partial charge in [0.15, 0.2) is 0 Å². The van der Waals surface area contributed by atoms with Crippen LogP contribution in [0.25, 0.3) is 0 Å². The van der Waals surface area contributed by atoms with Crippen LogP contribution in [-0.2, 0) is 12.8 Å². The Morgan fingerprint density at radius 1 is 0.805 bits per heavy atom. The maximum Gasteiger partial charge on any atom is -0.00943 e. The zero-order valence-electron chi connectivity index (χ0n) is 28.0. The molecule has 0 nitrogen and oxygen atoms in total. The summed E-state index contributed by atoms with van der Waals surface area (Å²) in [4.78, 5) is 0. The van der Waals surface area contributed by atoms with Gasteiger partial charge in [-0.2, -0.15) is 0 Å². The van der Waals surface area contributed by atoms with E-state index in [1.807, 2.05) is 33.8 Å². The Morgan fingerprint density at radius 3 is 1.85 bits per heavy atom. The van der Waals surface area contributed by atoms with Crippen molar-refractivity contribution >= 4 is 0 Å². The number of allylic oxidation sites excluding steroid dienone is 5. The first-order valence-corrected chi connectivity index (χ1v) is 16.0. The van der Waals surface area contributed by atoms with Crippen molar-refractivity contribution in [3.05, 3.63) is 142 Å². The standard InChI is InChI=1S/C23H26.C14H20.2C2H6/c1-4-21(13-8-9-16-22-14-6-5-7-15-22)17-18-23-19(2)11-10-12-20(23)3;1-9(2)13-7-10(3)14(11(4)8-13)12-5-6-12;2*1-2/h4-15H,1,16-18H2,2-3H3;7-9,12H,5-6H2,1-4H3;2*1-2H3/b9-8-,21-13+;;;. The molecule has 1 aliphatic carbocycles.